The maximum absolute atomic E-state index is 8.18. The van der Waals surface area contributed by atoms with Crippen LogP contribution in [-0.4, -0.2) is 44.3 Å². The molecule has 86 valence electrons. The van der Waals surface area contributed by atoms with Crippen molar-refractivity contribution in [3.05, 3.63) is 10.4 Å². The van der Waals surface area contributed by atoms with Gasteiger partial charge in [-0.2, -0.15) is 0 Å². The quantitative estimate of drug-likeness (QED) is 0.383. The summed E-state index contributed by atoms with van der Waals surface area (Å²) >= 11 is 0. The third kappa shape index (κ3) is 4.08. The van der Waals surface area contributed by atoms with Gasteiger partial charge in [0.05, 0.1) is 6.61 Å². The Bertz CT molecular complexity index is 227. The zero-order valence-corrected chi connectivity index (χ0v) is 9.59. The van der Waals surface area contributed by atoms with Gasteiger partial charge in [-0.1, -0.05) is 12.0 Å². The average Bonchev–Trinajstić information content (AvgIpc) is 2.57. The zero-order chi connectivity index (χ0) is 11.1. The van der Waals surface area contributed by atoms with Crippen LogP contribution < -0.4 is 0 Å². The highest BCUT2D eigenvalue weighted by Crippen LogP contribution is 2.22. The molecule has 1 rings (SSSR count). The molecule has 2 unspecified atom stereocenters. The first-order valence-electron chi connectivity index (χ1n) is 5.58. The highest BCUT2D eigenvalue weighted by molar-refractivity contribution is 4.81. The molecule has 0 aromatic heterocycles. The van der Waals surface area contributed by atoms with E-state index in [-0.39, 0.29) is 0 Å². The van der Waals surface area contributed by atoms with Gasteiger partial charge in [0.1, 0.15) is 0 Å². The van der Waals surface area contributed by atoms with E-state index in [0.29, 0.717) is 18.4 Å². The molecule has 0 spiro atoms. The van der Waals surface area contributed by atoms with Crippen LogP contribution in [0.5, 0.6) is 0 Å². The molecule has 0 bridgehead atoms. The highest BCUT2D eigenvalue weighted by Gasteiger charge is 2.28. The molecular weight excluding hydrogens is 192 g/mol. The molecule has 0 saturated carbocycles. The smallest absolute Gasteiger partial charge is 0.0509 e. The molecular formula is C10H20N4O. The number of ether oxygens (including phenoxy) is 1. The predicted molar refractivity (Wildman–Crippen MR) is 59.6 cm³/mol. The first-order chi connectivity index (χ1) is 7.27. The largest absolute Gasteiger partial charge is 0.381 e. The van der Waals surface area contributed by atoms with Gasteiger partial charge in [-0.05, 0) is 24.3 Å². The molecule has 1 aliphatic rings. The van der Waals surface area contributed by atoms with Crippen LogP contribution >= 0.6 is 0 Å². The van der Waals surface area contributed by atoms with Gasteiger partial charge in [-0.15, -0.1) is 0 Å². The lowest BCUT2D eigenvalue weighted by atomic mass is 9.99. The number of azide groups is 1. The molecule has 2 atom stereocenters. The molecule has 0 aromatic carbocycles. The summed E-state index contributed by atoms with van der Waals surface area (Å²) in [7, 11) is 0. The Kier molecular flexibility index (Phi) is 5.47. The molecule has 5 nitrogen and oxygen atoms in total. The van der Waals surface area contributed by atoms with Crippen molar-refractivity contribution in [1.82, 2.24) is 4.90 Å². The Hall–Kier alpha value is -0.770. The van der Waals surface area contributed by atoms with E-state index >= 15 is 0 Å². The Balaban J connectivity index is 2.24. The third-order valence-corrected chi connectivity index (χ3v) is 2.96. The van der Waals surface area contributed by atoms with E-state index in [1.807, 2.05) is 6.92 Å². The maximum atomic E-state index is 8.18. The molecule has 1 fully saturated rings. The van der Waals surface area contributed by atoms with Gasteiger partial charge < -0.3 is 9.64 Å². The summed E-state index contributed by atoms with van der Waals surface area (Å²) < 4.78 is 5.45. The first-order valence-corrected chi connectivity index (χ1v) is 5.58. The summed E-state index contributed by atoms with van der Waals surface area (Å²) in [4.78, 5) is 5.11. The number of nitrogens with zero attached hydrogens (tertiary/aromatic N) is 4. The molecule has 0 amide bonds. The van der Waals surface area contributed by atoms with Crippen molar-refractivity contribution in [1.29, 1.82) is 0 Å². The number of rotatable bonds is 6. The Morgan fingerprint density at radius 2 is 2.33 bits per heavy atom. The lowest BCUT2D eigenvalue weighted by Gasteiger charge is -2.14. The van der Waals surface area contributed by atoms with E-state index < -0.39 is 0 Å². The van der Waals surface area contributed by atoms with Gasteiger partial charge in [-0.25, -0.2) is 0 Å². The van der Waals surface area contributed by atoms with Crippen LogP contribution in [0, 0.1) is 11.8 Å². The Morgan fingerprint density at radius 3 is 3.00 bits per heavy atom. The first kappa shape index (κ1) is 12.3. The fourth-order valence-corrected chi connectivity index (χ4v) is 2.04. The molecule has 1 saturated heterocycles. The van der Waals surface area contributed by atoms with Gasteiger partial charge in [0, 0.05) is 37.7 Å². The minimum absolute atomic E-state index is 0.574. The van der Waals surface area contributed by atoms with E-state index in [1.165, 1.54) is 0 Å². The standard InChI is InChI=1S/C10H20N4O/c1-3-15-8-10-7-14(6-9(10)2)5-4-12-13-11/h9-10H,3-8H2,1-2H3. The predicted octanol–water partition coefficient (Wildman–Crippen LogP) is 1.90. The second-order valence-corrected chi connectivity index (χ2v) is 4.11. The molecule has 0 radical (unpaired) electrons. The minimum atomic E-state index is 0.574. The van der Waals surface area contributed by atoms with E-state index in [0.717, 1.165) is 32.8 Å². The lowest BCUT2D eigenvalue weighted by molar-refractivity contribution is 0.102. The van der Waals surface area contributed by atoms with Gasteiger partial charge in [0.2, 0.25) is 0 Å². The maximum Gasteiger partial charge on any atom is 0.0509 e. The molecule has 0 N–H and O–H groups in total. The van der Waals surface area contributed by atoms with E-state index in [1.54, 1.807) is 0 Å². The molecule has 15 heavy (non-hydrogen) atoms. The summed E-state index contributed by atoms with van der Waals surface area (Å²) in [6.07, 6.45) is 0. The van der Waals surface area contributed by atoms with Crippen molar-refractivity contribution >= 4 is 0 Å². The fourth-order valence-electron chi connectivity index (χ4n) is 2.04. The lowest BCUT2D eigenvalue weighted by Crippen LogP contribution is -2.24. The molecule has 1 heterocycles. The van der Waals surface area contributed by atoms with Crippen LogP contribution in [0.2, 0.25) is 0 Å². The van der Waals surface area contributed by atoms with Crippen molar-refractivity contribution in [2.75, 3.05) is 39.4 Å². The molecule has 1 aliphatic heterocycles. The van der Waals surface area contributed by atoms with Gasteiger partial charge in [0.25, 0.3) is 0 Å². The third-order valence-electron chi connectivity index (χ3n) is 2.96. The van der Waals surface area contributed by atoms with Crippen LogP contribution in [0.1, 0.15) is 13.8 Å². The second-order valence-electron chi connectivity index (χ2n) is 4.11. The van der Waals surface area contributed by atoms with E-state index in [4.69, 9.17) is 10.3 Å². The Morgan fingerprint density at radius 1 is 1.53 bits per heavy atom. The fraction of sp³-hybridized carbons (Fsp3) is 1.00. The van der Waals surface area contributed by atoms with Crippen molar-refractivity contribution in [2.24, 2.45) is 17.0 Å². The van der Waals surface area contributed by atoms with Crippen molar-refractivity contribution < 1.29 is 4.74 Å². The number of hydrogen-bond donors (Lipinski definition) is 0. The summed E-state index contributed by atoms with van der Waals surface area (Å²) in [6, 6.07) is 0. The van der Waals surface area contributed by atoms with E-state index in [9.17, 15) is 0 Å². The number of likely N-dealkylation sites (tertiary alicyclic amines) is 1. The van der Waals surface area contributed by atoms with E-state index in [2.05, 4.69) is 21.8 Å². The molecule has 0 aliphatic carbocycles. The zero-order valence-electron chi connectivity index (χ0n) is 9.59. The van der Waals surface area contributed by atoms with Gasteiger partial charge in [-0.3, -0.25) is 0 Å². The number of hydrogen-bond acceptors (Lipinski definition) is 3. The minimum Gasteiger partial charge on any atom is -0.381 e. The summed E-state index contributed by atoms with van der Waals surface area (Å²) in [6.45, 7) is 9.55. The monoisotopic (exact) mass is 212 g/mol. The molecule has 5 heteroatoms. The summed E-state index contributed by atoms with van der Waals surface area (Å²) in [5.74, 6) is 1.32. The normalized spacial score (nSPS) is 26.5. The van der Waals surface area contributed by atoms with Crippen LogP contribution in [0.15, 0.2) is 5.11 Å². The van der Waals surface area contributed by atoms with Crippen LogP contribution in [0.4, 0.5) is 0 Å². The summed E-state index contributed by atoms with van der Waals surface area (Å²) in [5.41, 5.74) is 8.18. The van der Waals surface area contributed by atoms with Crippen molar-refractivity contribution in [3.8, 4) is 0 Å². The van der Waals surface area contributed by atoms with Crippen molar-refractivity contribution in [3.63, 3.8) is 0 Å². The van der Waals surface area contributed by atoms with Crippen LogP contribution in [-0.2, 0) is 4.74 Å². The van der Waals surface area contributed by atoms with Gasteiger partial charge >= 0.3 is 0 Å². The topological polar surface area (TPSA) is 61.2 Å². The van der Waals surface area contributed by atoms with Crippen LogP contribution in [0.3, 0.4) is 0 Å². The van der Waals surface area contributed by atoms with Gasteiger partial charge in [0.15, 0.2) is 0 Å². The summed E-state index contributed by atoms with van der Waals surface area (Å²) in [5, 5.41) is 3.56. The molecule has 0 aromatic rings. The highest BCUT2D eigenvalue weighted by atomic mass is 16.5. The Labute approximate surface area is 91.0 Å². The second kappa shape index (κ2) is 6.67. The SMILES string of the molecule is CCOCC1CN(CCN=[N+]=[N-])CC1C. The average molecular weight is 212 g/mol. The van der Waals surface area contributed by atoms with Crippen LogP contribution in [0.25, 0.3) is 10.4 Å². The van der Waals surface area contributed by atoms with Crippen molar-refractivity contribution in [2.45, 2.75) is 13.8 Å².